The highest BCUT2D eigenvalue weighted by Crippen LogP contribution is 2.17. The number of hydrogen-bond acceptors (Lipinski definition) is 3. The summed E-state index contributed by atoms with van der Waals surface area (Å²) < 4.78 is 5.23. The molecular weight excluding hydrogens is 176 g/mol. The maximum Gasteiger partial charge on any atom is 0.140 e. The maximum absolute atomic E-state index is 5.88. The summed E-state index contributed by atoms with van der Waals surface area (Å²) in [5.41, 5.74) is 7.85. The molecule has 3 nitrogen and oxygen atoms in total. The topological polar surface area (TPSA) is 48.1 Å². The van der Waals surface area contributed by atoms with Crippen LogP contribution in [0.2, 0.25) is 0 Å². The van der Waals surface area contributed by atoms with E-state index in [1.54, 1.807) is 7.11 Å². The number of nitrogens with two attached hydrogens (primary N) is 1. The molecule has 2 N–H and O–H groups in total. The van der Waals surface area contributed by atoms with E-state index in [9.17, 15) is 0 Å². The fraction of sp³-hybridized carbons (Fsp3) is 0.545. The molecule has 1 atom stereocenters. The smallest absolute Gasteiger partial charge is 0.140 e. The Morgan fingerprint density at radius 3 is 2.79 bits per heavy atom. The molecule has 14 heavy (non-hydrogen) atoms. The normalized spacial score (nSPS) is 12.6. The van der Waals surface area contributed by atoms with Gasteiger partial charge in [-0.3, -0.25) is 4.98 Å². The van der Waals surface area contributed by atoms with E-state index in [-0.39, 0.29) is 6.04 Å². The van der Waals surface area contributed by atoms with E-state index in [1.165, 1.54) is 0 Å². The van der Waals surface area contributed by atoms with Crippen molar-refractivity contribution in [2.45, 2.75) is 32.7 Å². The number of aromatic nitrogens is 1. The molecule has 3 heteroatoms. The van der Waals surface area contributed by atoms with Crippen molar-refractivity contribution in [2.24, 2.45) is 5.73 Å². The number of hydrogen-bond donors (Lipinski definition) is 1. The molecule has 0 saturated carbocycles. The van der Waals surface area contributed by atoms with Crippen molar-refractivity contribution in [2.75, 3.05) is 7.11 Å². The predicted octanol–water partition coefficient (Wildman–Crippen LogP) is 1.68. The lowest BCUT2D eigenvalue weighted by molar-refractivity contribution is 0.404. The van der Waals surface area contributed by atoms with Gasteiger partial charge in [0.25, 0.3) is 0 Å². The van der Waals surface area contributed by atoms with E-state index >= 15 is 0 Å². The highest BCUT2D eigenvalue weighted by Gasteiger charge is 2.08. The fourth-order valence-corrected chi connectivity index (χ4v) is 1.32. The first-order valence-corrected chi connectivity index (χ1v) is 4.93. The van der Waals surface area contributed by atoms with Crippen LogP contribution in [0.3, 0.4) is 0 Å². The van der Waals surface area contributed by atoms with E-state index in [4.69, 9.17) is 10.5 Å². The first-order chi connectivity index (χ1) is 6.67. The van der Waals surface area contributed by atoms with E-state index in [2.05, 4.69) is 11.9 Å². The van der Waals surface area contributed by atoms with Crippen LogP contribution in [0, 0.1) is 6.92 Å². The van der Waals surface area contributed by atoms with Gasteiger partial charge in [-0.15, -0.1) is 0 Å². The van der Waals surface area contributed by atoms with Gasteiger partial charge in [-0.05, 0) is 25.5 Å². The highest BCUT2D eigenvalue weighted by molar-refractivity contribution is 5.29. The van der Waals surface area contributed by atoms with Gasteiger partial charge in [0.2, 0.25) is 0 Å². The molecule has 0 fully saturated rings. The first-order valence-electron chi connectivity index (χ1n) is 4.93. The predicted molar refractivity (Wildman–Crippen MR) is 57.5 cm³/mol. The number of ether oxygens (including phenoxy) is 1. The summed E-state index contributed by atoms with van der Waals surface area (Å²) in [6, 6.07) is 4.05. The fourth-order valence-electron chi connectivity index (χ4n) is 1.32. The second kappa shape index (κ2) is 4.96. The Kier molecular flexibility index (Phi) is 3.89. The van der Waals surface area contributed by atoms with Crippen LogP contribution in [0.25, 0.3) is 0 Å². The molecule has 1 unspecified atom stereocenters. The molecule has 0 spiro atoms. The van der Waals surface area contributed by atoms with Crippen molar-refractivity contribution in [3.05, 3.63) is 23.5 Å². The molecule has 1 heterocycles. The average molecular weight is 194 g/mol. The van der Waals surface area contributed by atoms with Crippen molar-refractivity contribution in [3.8, 4) is 5.75 Å². The zero-order valence-corrected chi connectivity index (χ0v) is 9.08. The molecule has 78 valence electrons. The Labute approximate surface area is 85.3 Å². The minimum absolute atomic E-state index is 0.165. The third kappa shape index (κ3) is 2.70. The largest absolute Gasteiger partial charge is 0.495 e. The Hall–Kier alpha value is -1.09. The number of rotatable bonds is 4. The first kappa shape index (κ1) is 11.0. The van der Waals surface area contributed by atoms with Gasteiger partial charge in [-0.2, -0.15) is 0 Å². The second-order valence-corrected chi connectivity index (χ2v) is 3.47. The van der Waals surface area contributed by atoms with Crippen LogP contribution in [0.1, 0.15) is 24.7 Å². The summed E-state index contributed by atoms with van der Waals surface area (Å²) in [6.07, 6.45) is 1.74. The Morgan fingerprint density at radius 1 is 1.50 bits per heavy atom. The summed E-state index contributed by atoms with van der Waals surface area (Å²) in [4.78, 5) is 4.43. The van der Waals surface area contributed by atoms with Crippen LogP contribution in [0.5, 0.6) is 5.75 Å². The molecule has 1 aromatic rings. The van der Waals surface area contributed by atoms with Gasteiger partial charge in [0, 0.05) is 18.2 Å². The number of pyridine rings is 1. The van der Waals surface area contributed by atoms with Crippen molar-refractivity contribution in [3.63, 3.8) is 0 Å². The van der Waals surface area contributed by atoms with Crippen molar-refractivity contribution in [1.29, 1.82) is 0 Å². The summed E-state index contributed by atoms with van der Waals surface area (Å²) in [5, 5.41) is 0. The quantitative estimate of drug-likeness (QED) is 0.793. The molecule has 1 rings (SSSR count). The summed E-state index contributed by atoms with van der Waals surface area (Å²) in [5.74, 6) is 0.833. The van der Waals surface area contributed by atoms with E-state index in [0.29, 0.717) is 0 Å². The average Bonchev–Trinajstić information content (AvgIpc) is 2.18. The third-order valence-corrected chi connectivity index (χ3v) is 2.27. The van der Waals surface area contributed by atoms with Crippen LogP contribution in [-0.4, -0.2) is 18.1 Å². The SMILES string of the molecule is CCC(N)Cc1nc(C)ccc1OC. The van der Waals surface area contributed by atoms with Gasteiger partial charge < -0.3 is 10.5 Å². The second-order valence-electron chi connectivity index (χ2n) is 3.47. The van der Waals surface area contributed by atoms with Crippen molar-refractivity contribution in [1.82, 2.24) is 4.98 Å². The van der Waals surface area contributed by atoms with Gasteiger partial charge in [0.05, 0.1) is 12.8 Å². The van der Waals surface area contributed by atoms with Crippen LogP contribution in [-0.2, 0) is 6.42 Å². The lowest BCUT2D eigenvalue weighted by Gasteiger charge is -2.12. The van der Waals surface area contributed by atoms with E-state index < -0.39 is 0 Å². The molecule has 0 aliphatic heterocycles. The molecule has 1 aromatic heterocycles. The van der Waals surface area contributed by atoms with Gasteiger partial charge in [-0.25, -0.2) is 0 Å². The van der Waals surface area contributed by atoms with Gasteiger partial charge in [0.15, 0.2) is 0 Å². The zero-order valence-electron chi connectivity index (χ0n) is 9.08. The third-order valence-electron chi connectivity index (χ3n) is 2.27. The number of aryl methyl sites for hydroxylation is 1. The summed E-state index contributed by atoms with van der Waals surface area (Å²) in [7, 11) is 1.66. The van der Waals surface area contributed by atoms with Crippen LogP contribution in [0.4, 0.5) is 0 Å². The highest BCUT2D eigenvalue weighted by atomic mass is 16.5. The molecule has 0 amide bonds. The molecule has 0 aliphatic carbocycles. The number of methoxy groups -OCH3 is 1. The standard InChI is InChI=1S/C11H18N2O/c1-4-9(12)7-10-11(14-3)6-5-8(2)13-10/h5-6,9H,4,7,12H2,1-3H3. The molecule has 0 bridgehead atoms. The Bertz CT molecular complexity index is 299. The maximum atomic E-state index is 5.88. The minimum atomic E-state index is 0.165. The Morgan fingerprint density at radius 2 is 2.21 bits per heavy atom. The van der Waals surface area contributed by atoms with Crippen LogP contribution in [0.15, 0.2) is 12.1 Å². The van der Waals surface area contributed by atoms with Crippen molar-refractivity contribution < 1.29 is 4.74 Å². The zero-order chi connectivity index (χ0) is 10.6. The molecule has 0 saturated heterocycles. The van der Waals surface area contributed by atoms with Crippen molar-refractivity contribution >= 4 is 0 Å². The van der Waals surface area contributed by atoms with Crippen LogP contribution < -0.4 is 10.5 Å². The Balaban J connectivity index is 2.87. The summed E-state index contributed by atoms with van der Waals surface area (Å²) >= 11 is 0. The molecule has 0 aromatic carbocycles. The van der Waals surface area contributed by atoms with Gasteiger partial charge in [-0.1, -0.05) is 6.92 Å². The van der Waals surface area contributed by atoms with E-state index in [0.717, 1.165) is 30.0 Å². The van der Waals surface area contributed by atoms with Gasteiger partial charge >= 0.3 is 0 Å². The lowest BCUT2D eigenvalue weighted by Crippen LogP contribution is -2.22. The molecule has 0 radical (unpaired) electrons. The summed E-state index contributed by atoms with van der Waals surface area (Å²) in [6.45, 7) is 4.05. The molecular formula is C11H18N2O. The molecule has 0 aliphatic rings. The minimum Gasteiger partial charge on any atom is -0.495 e. The number of nitrogens with zero attached hydrogens (tertiary/aromatic N) is 1. The van der Waals surface area contributed by atoms with E-state index in [1.807, 2.05) is 19.1 Å². The van der Waals surface area contributed by atoms with Crippen LogP contribution >= 0.6 is 0 Å². The monoisotopic (exact) mass is 194 g/mol. The lowest BCUT2D eigenvalue weighted by atomic mass is 10.1. The van der Waals surface area contributed by atoms with Gasteiger partial charge in [0.1, 0.15) is 5.75 Å².